The number of hydrogen-bond acceptors (Lipinski definition) is 2. The molecule has 3 fully saturated rings. The summed E-state index contributed by atoms with van der Waals surface area (Å²) >= 11 is 0. The van der Waals surface area contributed by atoms with Crippen molar-refractivity contribution in [2.24, 2.45) is 11.3 Å². The molecule has 0 aromatic heterocycles. The van der Waals surface area contributed by atoms with E-state index in [2.05, 4.69) is 25.7 Å². The first-order valence-electron chi connectivity index (χ1n) is 7.35. The van der Waals surface area contributed by atoms with Gasteiger partial charge in [-0.05, 0) is 77.3 Å². The Morgan fingerprint density at radius 1 is 1.12 bits per heavy atom. The Bertz CT molecular complexity index is 272. The van der Waals surface area contributed by atoms with Crippen LogP contribution in [0.25, 0.3) is 0 Å². The van der Waals surface area contributed by atoms with Crippen molar-refractivity contribution in [1.29, 1.82) is 0 Å². The van der Waals surface area contributed by atoms with Crippen LogP contribution in [-0.2, 0) is 4.74 Å². The highest BCUT2D eigenvalue weighted by Crippen LogP contribution is 2.53. The Labute approximate surface area is 106 Å². The minimum Gasteiger partial charge on any atom is -0.378 e. The number of rotatable bonds is 0. The lowest BCUT2D eigenvalue weighted by molar-refractivity contribution is 0.0269. The molecule has 0 aromatic carbocycles. The zero-order valence-corrected chi connectivity index (χ0v) is 11.7. The molecule has 0 amide bonds. The SMILES string of the molecule is CC(C)(C)N1CCC2(CC1)CC1CCOC1C2. The van der Waals surface area contributed by atoms with Crippen molar-refractivity contribution in [2.75, 3.05) is 19.7 Å². The van der Waals surface area contributed by atoms with E-state index in [1.165, 1.54) is 45.2 Å². The van der Waals surface area contributed by atoms with Crippen molar-refractivity contribution >= 4 is 0 Å². The molecule has 3 rings (SSSR count). The molecule has 2 aliphatic heterocycles. The third-order valence-electron chi connectivity index (χ3n) is 5.45. The number of piperidine rings is 1. The molecule has 98 valence electrons. The molecule has 17 heavy (non-hydrogen) atoms. The van der Waals surface area contributed by atoms with E-state index in [1.54, 1.807) is 0 Å². The van der Waals surface area contributed by atoms with Gasteiger partial charge in [-0.15, -0.1) is 0 Å². The number of nitrogens with zero attached hydrogens (tertiary/aromatic N) is 1. The third kappa shape index (κ3) is 2.15. The second kappa shape index (κ2) is 3.96. The lowest BCUT2D eigenvalue weighted by Gasteiger charge is -2.45. The molecule has 1 spiro atoms. The smallest absolute Gasteiger partial charge is 0.0609 e. The van der Waals surface area contributed by atoms with Crippen LogP contribution in [0.15, 0.2) is 0 Å². The van der Waals surface area contributed by atoms with E-state index in [9.17, 15) is 0 Å². The van der Waals surface area contributed by atoms with Crippen LogP contribution in [0, 0.1) is 11.3 Å². The normalized spacial score (nSPS) is 37.6. The molecule has 2 heterocycles. The summed E-state index contributed by atoms with van der Waals surface area (Å²) in [7, 11) is 0. The predicted molar refractivity (Wildman–Crippen MR) is 70.1 cm³/mol. The third-order valence-corrected chi connectivity index (χ3v) is 5.45. The van der Waals surface area contributed by atoms with Gasteiger partial charge in [-0.3, -0.25) is 4.90 Å². The van der Waals surface area contributed by atoms with Gasteiger partial charge in [0.05, 0.1) is 6.10 Å². The van der Waals surface area contributed by atoms with Crippen LogP contribution in [0.5, 0.6) is 0 Å². The van der Waals surface area contributed by atoms with Gasteiger partial charge < -0.3 is 4.74 Å². The molecule has 0 aromatic rings. The van der Waals surface area contributed by atoms with Crippen molar-refractivity contribution in [3.63, 3.8) is 0 Å². The molecule has 2 nitrogen and oxygen atoms in total. The maximum atomic E-state index is 5.88. The van der Waals surface area contributed by atoms with Crippen LogP contribution >= 0.6 is 0 Å². The van der Waals surface area contributed by atoms with Crippen molar-refractivity contribution in [3.05, 3.63) is 0 Å². The van der Waals surface area contributed by atoms with Gasteiger partial charge in [0.1, 0.15) is 0 Å². The maximum absolute atomic E-state index is 5.88. The molecule has 0 radical (unpaired) electrons. The van der Waals surface area contributed by atoms with E-state index in [-0.39, 0.29) is 0 Å². The zero-order chi connectivity index (χ0) is 12.1. The van der Waals surface area contributed by atoms with Gasteiger partial charge in [0.15, 0.2) is 0 Å². The minimum absolute atomic E-state index is 0.354. The van der Waals surface area contributed by atoms with Crippen molar-refractivity contribution < 1.29 is 4.74 Å². The second-order valence-corrected chi connectivity index (χ2v) is 7.52. The molecule has 1 saturated carbocycles. The van der Waals surface area contributed by atoms with Crippen LogP contribution in [0.3, 0.4) is 0 Å². The van der Waals surface area contributed by atoms with Gasteiger partial charge in [-0.2, -0.15) is 0 Å². The topological polar surface area (TPSA) is 12.5 Å². The number of ether oxygens (including phenoxy) is 1. The number of likely N-dealkylation sites (tertiary alicyclic amines) is 1. The molecular weight excluding hydrogens is 210 g/mol. The van der Waals surface area contributed by atoms with E-state index < -0.39 is 0 Å². The summed E-state index contributed by atoms with van der Waals surface area (Å²) in [4.78, 5) is 2.66. The average molecular weight is 237 g/mol. The highest BCUT2D eigenvalue weighted by molar-refractivity contribution is 5.00. The summed E-state index contributed by atoms with van der Waals surface area (Å²) in [5.41, 5.74) is 1.00. The Balaban J connectivity index is 1.62. The van der Waals surface area contributed by atoms with Crippen molar-refractivity contribution in [3.8, 4) is 0 Å². The van der Waals surface area contributed by atoms with E-state index in [4.69, 9.17) is 4.74 Å². The standard InChI is InChI=1S/C15H27NO/c1-14(2,3)16-7-5-15(6-8-16)10-12-4-9-17-13(12)11-15/h12-13H,4-11H2,1-3H3. The van der Waals surface area contributed by atoms with Gasteiger partial charge >= 0.3 is 0 Å². The Hall–Kier alpha value is -0.0800. The van der Waals surface area contributed by atoms with E-state index in [0.29, 0.717) is 17.1 Å². The highest BCUT2D eigenvalue weighted by Gasteiger charge is 2.49. The van der Waals surface area contributed by atoms with E-state index in [0.717, 1.165) is 12.5 Å². The fourth-order valence-corrected chi connectivity index (χ4v) is 4.28. The molecule has 0 N–H and O–H groups in total. The fourth-order valence-electron chi connectivity index (χ4n) is 4.28. The van der Waals surface area contributed by atoms with Crippen molar-refractivity contribution in [2.45, 2.75) is 64.5 Å². The highest BCUT2D eigenvalue weighted by atomic mass is 16.5. The summed E-state index contributed by atoms with van der Waals surface area (Å²) in [6.45, 7) is 10.7. The lowest BCUT2D eigenvalue weighted by Crippen LogP contribution is -2.48. The summed E-state index contributed by atoms with van der Waals surface area (Å²) in [5.74, 6) is 0.899. The van der Waals surface area contributed by atoms with Crippen molar-refractivity contribution in [1.82, 2.24) is 4.90 Å². The molecule has 2 atom stereocenters. The van der Waals surface area contributed by atoms with Gasteiger partial charge in [-0.1, -0.05) is 0 Å². The van der Waals surface area contributed by atoms with E-state index in [1.807, 2.05) is 0 Å². The maximum Gasteiger partial charge on any atom is 0.0609 e. The van der Waals surface area contributed by atoms with Crippen LogP contribution in [0.1, 0.15) is 52.9 Å². The second-order valence-electron chi connectivity index (χ2n) is 7.52. The molecule has 0 bridgehead atoms. The monoisotopic (exact) mass is 237 g/mol. The van der Waals surface area contributed by atoms with Gasteiger partial charge in [0.2, 0.25) is 0 Å². The van der Waals surface area contributed by atoms with Crippen LogP contribution in [0.2, 0.25) is 0 Å². The molecule has 2 saturated heterocycles. The Kier molecular flexibility index (Phi) is 2.79. The Morgan fingerprint density at radius 3 is 2.41 bits per heavy atom. The first kappa shape index (κ1) is 12.0. The van der Waals surface area contributed by atoms with Gasteiger partial charge in [0.25, 0.3) is 0 Å². The number of fused-ring (bicyclic) bond motifs is 1. The van der Waals surface area contributed by atoms with Crippen LogP contribution in [0.4, 0.5) is 0 Å². The summed E-state index contributed by atoms with van der Waals surface area (Å²) in [6.07, 6.45) is 7.57. The average Bonchev–Trinajstić information content (AvgIpc) is 2.75. The summed E-state index contributed by atoms with van der Waals surface area (Å²) in [5, 5.41) is 0. The zero-order valence-electron chi connectivity index (χ0n) is 11.7. The molecule has 2 heteroatoms. The fraction of sp³-hybridized carbons (Fsp3) is 1.00. The first-order chi connectivity index (χ1) is 7.99. The van der Waals surface area contributed by atoms with Gasteiger partial charge in [-0.25, -0.2) is 0 Å². The van der Waals surface area contributed by atoms with Crippen LogP contribution in [-0.4, -0.2) is 36.2 Å². The van der Waals surface area contributed by atoms with Gasteiger partial charge in [0, 0.05) is 12.1 Å². The lowest BCUT2D eigenvalue weighted by atomic mass is 9.75. The quantitative estimate of drug-likeness (QED) is 0.642. The minimum atomic E-state index is 0.354. The van der Waals surface area contributed by atoms with Crippen LogP contribution < -0.4 is 0 Å². The first-order valence-corrected chi connectivity index (χ1v) is 7.35. The summed E-state index contributed by atoms with van der Waals surface area (Å²) in [6, 6.07) is 0. The Morgan fingerprint density at radius 2 is 1.82 bits per heavy atom. The van der Waals surface area contributed by atoms with E-state index >= 15 is 0 Å². The molecule has 3 aliphatic rings. The summed E-state index contributed by atoms with van der Waals surface area (Å²) < 4.78 is 5.88. The largest absolute Gasteiger partial charge is 0.378 e. The molecule has 2 unspecified atom stereocenters. The predicted octanol–water partition coefficient (Wildman–Crippen LogP) is 3.07. The number of hydrogen-bond donors (Lipinski definition) is 0. The molecule has 1 aliphatic carbocycles. The molecular formula is C15H27NO.